The van der Waals surface area contributed by atoms with Gasteiger partial charge in [0.15, 0.2) is 0 Å². The highest BCUT2D eigenvalue weighted by atomic mass is 19.1. The number of carbonyl (C=O) groups excluding carboxylic acids is 1. The van der Waals surface area contributed by atoms with E-state index in [4.69, 9.17) is 0 Å². The predicted octanol–water partition coefficient (Wildman–Crippen LogP) is 6.03. The summed E-state index contributed by atoms with van der Waals surface area (Å²) in [6.45, 7) is 6.64. The van der Waals surface area contributed by atoms with Gasteiger partial charge in [0, 0.05) is 31.9 Å². The van der Waals surface area contributed by atoms with Crippen LogP contribution in [0.2, 0.25) is 0 Å². The van der Waals surface area contributed by atoms with Crippen molar-refractivity contribution in [2.24, 2.45) is 0 Å². The second-order valence-corrected chi connectivity index (χ2v) is 8.70. The maximum Gasteiger partial charge on any atom is 0.321 e. The van der Waals surface area contributed by atoms with Crippen molar-refractivity contribution in [2.75, 3.05) is 31.5 Å². The molecule has 172 valence electrons. The molecule has 0 atom stereocenters. The maximum absolute atomic E-state index is 13.5. The number of nitrogens with one attached hydrogen (secondary N) is 1. The van der Waals surface area contributed by atoms with E-state index >= 15 is 0 Å². The van der Waals surface area contributed by atoms with Crippen LogP contribution < -0.4 is 5.32 Å². The first-order chi connectivity index (χ1) is 15.9. The molecule has 4 rings (SSSR count). The van der Waals surface area contributed by atoms with Gasteiger partial charge in [-0.3, -0.25) is 4.90 Å². The lowest BCUT2D eigenvalue weighted by atomic mass is 9.96. The summed E-state index contributed by atoms with van der Waals surface area (Å²) in [5.74, 6) is -0.273. The number of piperazine rings is 1. The van der Waals surface area contributed by atoms with Gasteiger partial charge >= 0.3 is 6.03 Å². The van der Waals surface area contributed by atoms with E-state index < -0.39 is 0 Å². The number of urea groups is 1. The predicted molar refractivity (Wildman–Crippen MR) is 127 cm³/mol. The Kier molecular flexibility index (Phi) is 7.04. The summed E-state index contributed by atoms with van der Waals surface area (Å²) in [6.07, 6.45) is 0. The monoisotopic (exact) mass is 449 g/mol. The minimum Gasteiger partial charge on any atom is -0.322 e. The molecule has 0 radical (unpaired) electrons. The Hall–Kier alpha value is -3.25. The molecule has 1 fully saturated rings. The molecular weight excluding hydrogens is 420 g/mol. The van der Waals surface area contributed by atoms with Crippen molar-refractivity contribution in [3.05, 3.63) is 101 Å². The molecule has 1 aliphatic heterocycles. The molecular formula is C27H29F2N3O. The zero-order chi connectivity index (χ0) is 23.4. The van der Waals surface area contributed by atoms with E-state index in [1.807, 2.05) is 29.2 Å². The van der Waals surface area contributed by atoms with E-state index in [2.05, 4.69) is 24.1 Å². The third-order valence-corrected chi connectivity index (χ3v) is 6.16. The fourth-order valence-electron chi connectivity index (χ4n) is 4.40. The molecule has 1 saturated heterocycles. The molecule has 3 aromatic rings. The van der Waals surface area contributed by atoms with E-state index in [0.717, 1.165) is 22.4 Å². The van der Waals surface area contributed by atoms with Crippen LogP contribution in [-0.4, -0.2) is 42.0 Å². The lowest BCUT2D eigenvalue weighted by Crippen LogP contribution is -2.51. The first-order valence-electron chi connectivity index (χ1n) is 11.3. The smallest absolute Gasteiger partial charge is 0.321 e. The van der Waals surface area contributed by atoms with Crippen molar-refractivity contribution in [1.29, 1.82) is 0 Å². The molecule has 0 aliphatic carbocycles. The molecule has 3 aromatic carbocycles. The van der Waals surface area contributed by atoms with Crippen LogP contribution in [0.15, 0.2) is 72.8 Å². The Morgan fingerprint density at radius 2 is 1.30 bits per heavy atom. The average Bonchev–Trinajstić information content (AvgIpc) is 2.82. The molecule has 33 heavy (non-hydrogen) atoms. The highest BCUT2D eigenvalue weighted by molar-refractivity contribution is 5.90. The molecule has 4 nitrogen and oxygen atoms in total. The van der Waals surface area contributed by atoms with Gasteiger partial charge in [0.1, 0.15) is 11.6 Å². The summed E-state index contributed by atoms with van der Waals surface area (Å²) in [7, 11) is 0. The lowest BCUT2D eigenvalue weighted by Gasteiger charge is -2.39. The highest BCUT2D eigenvalue weighted by Crippen LogP contribution is 2.30. The second-order valence-electron chi connectivity index (χ2n) is 8.70. The largest absolute Gasteiger partial charge is 0.322 e. The molecule has 1 aliphatic rings. The topological polar surface area (TPSA) is 35.6 Å². The number of para-hydroxylation sites is 1. The zero-order valence-corrected chi connectivity index (χ0v) is 19.0. The number of hydrogen-bond acceptors (Lipinski definition) is 2. The summed E-state index contributed by atoms with van der Waals surface area (Å²) >= 11 is 0. The summed E-state index contributed by atoms with van der Waals surface area (Å²) in [6, 6.07) is 20.5. The molecule has 0 aromatic heterocycles. The molecule has 1 N–H and O–H groups in total. The highest BCUT2D eigenvalue weighted by Gasteiger charge is 2.28. The molecule has 1 heterocycles. The van der Waals surface area contributed by atoms with Crippen LogP contribution in [0, 0.1) is 11.6 Å². The Morgan fingerprint density at radius 3 is 1.82 bits per heavy atom. The van der Waals surface area contributed by atoms with Crippen LogP contribution in [-0.2, 0) is 0 Å². The zero-order valence-electron chi connectivity index (χ0n) is 19.0. The van der Waals surface area contributed by atoms with Crippen molar-refractivity contribution < 1.29 is 13.6 Å². The average molecular weight is 450 g/mol. The Balaban J connectivity index is 1.48. The number of nitrogens with zero attached hydrogens (tertiary/aromatic N) is 2. The first-order valence-corrected chi connectivity index (χ1v) is 11.3. The molecule has 0 bridgehead atoms. The molecule has 0 saturated carbocycles. The maximum atomic E-state index is 13.5. The summed E-state index contributed by atoms with van der Waals surface area (Å²) in [4.78, 5) is 17.0. The fourth-order valence-corrected chi connectivity index (χ4v) is 4.40. The second kappa shape index (κ2) is 10.1. The molecule has 6 heteroatoms. The summed E-state index contributed by atoms with van der Waals surface area (Å²) in [5.41, 5.74) is 3.83. The van der Waals surface area contributed by atoms with Crippen molar-refractivity contribution in [3.63, 3.8) is 0 Å². The van der Waals surface area contributed by atoms with Gasteiger partial charge in [-0.2, -0.15) is 0 Å². The van der Waals surface area contributed by atoms with Gasteiger partial charge in [0.2, 0.25) is 0 Å². The van der Waals surface area contributed by atoms with Gasteiger partial charge in [-0.1, -0.05) is 56.3 Å². The van der Waals surface area contributed by atoms with Crippen molar-refractivity contribution >= 4 is 11.7 Å². The number of hydrogen-bond donors (Lipinski definition) is 1. The van der Waals surface area contributed by atoms with Gasteiger partial charge < -0.3 is 10.2 Å². The van der Waals surface area contributed by atoms with Crippen molar-refractivity contribution in [3.8, 4) is 0 Å². The van der Waals surface area contributed by atoms with Gasteiger partial charge in [0.05, 0.1) is 6.04 Å². The minimum atomic E-state index is -0.292. The molecule has 0 unspecified atom stereocenters. The Bertz CT molecular complexity index is 1030. The van der Waals surface area contributed by atoms with Gasteiger partial charge in [0.25, 0.3) is 0 Å². The summed E-state index contributed by atoms with van der Waals surface area (Å²) < 4.78 is 27.1. The molecule has 0 spiro atoms. The number of amides is 2. The SMILES string of the molecule is CC(C)c1ccccc1NC(=O)N1CCN(C(c2ccc(F)cc2)c2ccc(F)cc2)CC1. The van der Waals surface area contributed by atoms with E-state index in [-0.39, 0.29) is 23.7 Å². The third kappa shape index (κ3) is 5.40. The van der Waals surface area contributed by atoms with Gasteiger partial charge in [-0.05, 0) is 52.9 Å². The van der Waals surface area contributed by atoms with E-state index in [9.17, 15) is 13.6 Å². The van der Waals surface area contributed by atoms with Crippen LogP contribution >= 0.6 is 0 Å². The Labute approximate surface area is 193 Å². The minimum absolute atomic E-state index is 0.108. The Morgan fingerprint density at radius 1 is 0.788 bits per heavy atom. The van der Waals surface area contributed by atoms with Gasteiger partial charge in [-0.25, -0.2) is 13.6 Å². The van der Waals surface area contributed by atoms with Crippen LogP contribution in [0.5, 0.6) is 0 Å². The van der Waals surface area contributed by atoms with E-state index in [0.29, 0.717) is 32.1 Å². The van der Waals surface area contributed by atoms with Crippen LogP contribution in [0.1, 0.15) is 42.5 Å². The normalized spacial score (nSPS) is 14.7. The van der Waals surface area contributed by atoms with Crippen molar-refractivity contribution in [2.45, 2.75) is 25.8 Å². The van der Waals surface area contributed by atoms with Crippen molar-refractivity contribution in [1.82, 2.24) is 9.80 Å². The quantitative estimate of drug-likeness (QED) is 0.516. The van der Waals surface area contributed by atoms with E-state index in [1.165, 1.54) is 24.3 Å². The van der Waals surface area contributed by atoms with Crippen LogP contribution in [0.25, 0.3) is 0 Å². The first kappa shape index (κ1) is 22.9. The fraction of sp³-hybridized carbons (Fsp3) is 0.296. The van der Waals surface area contributed by atoms with Gasteiger partial charge in [-0.15, -0.1) is 0 Å². The van der Waals surface area contributed by atoms with Crippen LogP contribution in [0.4, 0.5) is 19.3 Å². The number of rotatable bonds is 5. The summed E-state index contributed by atoms with van der Waals surface area (Å²) in [5, 5.41) is 3.07. The molecule has 2 amide bonds. The number of benzene rings is 3. The lowest BCUT2D eigenvalue weighted by molar-refractivity contribution is 0.126. The number of halogens is 2. The number of anilines is 1. The standard InChI is InChI=1S/C27H29F2N3O/c1-19(2)24-5-3-4-6-25(24)30-27(33)32-17-15-31(16-18-32)26(20-7-11-22(28)12-8-20)21-9-13-23(29)14-10-21/h3-14,19,26H,15-18H2,1-2H3,(H,30,33). The van der Waals surface area contributed by atoms with Crippen LogP contribution in [0.3, 0.4) is 0 Å². The number of carbonyl (C=O) groups is 1. The van der Waals surface area contributed by atoms with E-state index in [1.54, 1.807) is 24.3 Å². The third-order valence-electron chi connectivity index (χ3n) is 6.16.